The minimum Gasteiger partial charge on any atom is -0.480 e. The zero-order valence-corrected chi connectivity index (χ0v) is 10.4. The van der Waals surface area contributed by atoms with Crippen molar-refractivity contribution in [3.8, 4) is 0 Å². The Morgan fingerprint density at radius 1 is 1.47 bits per heavy atom. The van der Waals surface area contributed by atoms with Gasteiger partial charge in [-0.05, 0) is 40.8 Å². The Morgan fingerprint density at radius 2 is 2.13 bits per heavy atom. The summed E-state index contributed by atoms with van der Waals surface area (Å²) in [7, 11) is 0. The van der Waals surface area contributed by atoms with Gasteiger partial charge in [-0.25, -0.2) is 0 Å². The van der Waals surface area contributed by atoms with E-state index in [9.17, 15) is 9.59 Å². The molecule has 1 aromatic rings. The molecule has 6 heteroatoms. The fourth-order valence-electron chi connectivity index (χ4n) is 0.925. The third-order valence-electron chi connectivity index (χ3n) is 1.58. The van der Waals surface area contributed by atoms with Gasteiger partial charge in [-0.3, -0.25) is 9.59 Å². The van der Waals surface area contributed by atoms with Crippen molar-refractivity contribution in [3.63, 3.8) is 0 Å². The molecular formula is C9H7ClINO3. The van der Waals surface area contributed by atoms with Gasteiger partial charge >= 0.3 is 5.97 Å². The van der Waals surface area contributed by atoms with E-state index in [4.69, 9.17) is 16.7 Å². The summed E-state index contributed by atoms with van der Waals surface area (Å²) >= 11 is 7.68. The number of carbonyl (C=O) groups is 2. The molecule has 0 atom stereocenters. The number of halogens is 2. The van der Waals surface area contributed by atoms with Crippen LogP contribution in [0.4, 0.5) is 0 Å². The largest absolute Gasteiger partial charge is 0.480 e. The van der Waals surface area contributed by atoms with E-state index in [1.54, 1.807) is 18.2 Å². The van der Waals surface area contributed by atoms with Crippen LogP contribution in [0, 0.1) is 3.57 Å². The first-order chi connectivity index (χ1) is 7.00. The molecule has 0 radical (unpaired) electrons. The standard InChI is InChI=1S/C9H7ClINO3/c10-5-1-2-6(7(11)3-5)9(15)12-4-8(13)14/h1-3H,4H2,(H,12,15)(H,13,14). The summed E-state index contributed by atoms with van der Waals surface area (Å²) in [5.74, 6) is -1.49. The zero-order chi connectivity index (χ0) is 11.4. The van der Waals surface area contributed by atoms with Crippen molar-refractivity contribution in [1.29, 1.82) is 0 Å². The summed E-state index contributed by atoms with van der Waals surface area (Å²) in [5, 5.41) is 11.2. The molecule has 0 aliphatic rings. The van der Waals surface area contributed by atoms with Gasteiger partial charge in [0.25, 0.3) is 5.91 Å². The summed E-state index contributed by atoms with van der Waals surface area (Å²) < 4.78 is 0.683. The summed E-state index contributed by atoms with van der Waals surface area (Å²) in [5.41, 5.74) is 0.418. The number of benzene rings is 1. The highest BCUT2D eigenvalue weighted by Gasteiger charge is 2.10. The van der Waals surface area contributed by atoms with Crippen LogP contribution in [-0.2, 0) is 4.79 Å². The molecule has 1 amide bonds. The topological polar surface area (TPSA) is 66.4 Å². The third-order valence-corrected chi connectivity index (χ3v) is 2.70. The van der Waals surface area contributed by atoms with Gasteiger partial charge < -0.3 is 10.4 Å². The fourth-order valence-corrected chi connectivity index (χ4v) is 2.04. The van der Waals surface area contributed by atoms with Gasteiger partial charge in [-0.2, -0.15) is 0 Å². The van der Waals surface area contributed by atoms with Crippen molar-refractivity contribution in [1.82, 2.24) is 5.32 Å². The molecule has 0 heterocycles. The molecule has 1 aromatic carbocycles. The Labute approximate surface area is 105 Å². The molecule has 0 spiro atoms. The van der Waals surface area contributed by atoms with Crippen LogP contribution in [0.3, 0.4) is 0 Å². The molecule has 0 aliphatic carbocycles. The Kier molecular flexibility index (Phi) is 4.34. The number of aliphatic carboxylic acids is 1. The maximum Gasteiger partial charge on any atom is 0.322 e. The van der Waals surface area contributed by atoms with Crippen LogP contribution in [0.15, 0.2) is 18.2 Å². The normalized spacial score (nSPS) is 9.73. The maximum atomic E-state index is 11.5. The van der Waals surface area contributed by atoms with Gasteiger partial charge in [-0.15, -0.1) is 0 Å². The lowest BCUT2D eigenvalue weighted by atomic mass is 10.2. The van der Waals surface area contributed by atoms with E-state index in [2.05, 4.69) is 5.32 Å². The smallest absolute Gasteiger partial charge is 0.322 e. The number of carbonyl (C=O) groups excluding carboxylic acids is 1. The number of rotatable bonds is 3. The first-order valence-corrected chi connectivity index (χ1v) is 5.41. The fraction of sp³-hybridized carbons (Fsp3) is 0.111. The van der Waals surface area contributed by atoms with Crippen LogP contribution in [0.1, 0.15) is 10.4 Å². The molecule has 2 N–H and O–H groups in total. The minimum atomic E-state index is -1.08. The minimum absolute atomic E-state index is 0.391. The first kappa shape index (κ1) is 12.3. The van der Waals surface area contributed by atoms with E-state index < -0.39 is 18.4 Å². The van der Waals surface area contributed by atoms with Crippen molar-refractivity contribution in [2.75, 3.05) is 6.54 Å². The Hall–Kier alpha value is -0.820. The van der Waals surface area contributed by atoms with Crippen molar-refractivity contribution in [2.45, 2.75) is 0 Å². The number of nitrogens with one attached hydrogen (secondary N) is 1. The summed E-state index contributed by atoms with van der Waals surface area (Å²) in [6, 6.07) is 4.78. The molecule has 0 aliphatic heterocycles. The van der Waals surface area contributed by atoms with Crippen LogP contribution < -0.4 is 5.32 Å². The molecule has 0 unspecified atom stereocenters. The number of hydrogen-bond donors (Lipinski definition) is 2. The van der Waals surface area contributed by atoms with E-state index in [1.165, 1.54) is 0 Å². The SMILES string of the molecule is O=C(O)CNC(=O)c1ccc(Cl)cc1I. The van der Waals surface area contributed by atoms with E-state index >= 15 is 0 Å². The van der Waals surface area contributed by atoms with Gasteiger partial charge in [0.1, 0.15) is 6.54 Å². The maximum absolute atomic E-state index is 11.5. The van der Waals surface area contributed by atoms with Gasteiger partial charge in [0.05, 0.1) is 5.56 Å². The number of hydrogen-bond acceptors (Lipinski definition) is 2. The van der Waals surface area contributed by atoms with Gasteiger partial charge in [0.2, 0.25) is 0 Å². The third kappa shape index (κ3) is 3.67. The second-order valence-corrected chi connectivity index (χ2v) is 4.30. The molecule has 4 nitrogen and oxygen atoms in total. The van der Waals surface area contributed by atoms with Crippen LogP contribution in [0.2, 0.25) is 5.02 Å². The molecular weight excluding hydrogens is 332 g/mol. The summed E-state index contributed by atoms with van der Waals surface area (Å²) in [6.07, 6.45) is 0. The van der Waals surface area contributed by atoms with E-state index in [-0.39, 0.29) is 0 Å². The summed E-state index contributed by atoms with van der Waals surface area (Å²) in [4.78, 5) is 21.7. The van der Waals surface area contributed by atoms with E-state index in [0.29, 0.717) is 14.2 Å². The predicted octanol–water partition coefficient (Wildman–Crippen LogP) is 1.76. The monoisotopic (exact) mass is 339 g/mol. The lowest BCUT2D eigenvalue weighted by Gasteiger charge is -2.04. The lowest BCUT2D eigenvalue weighted by Crippen LogP contribution is -2.29. The molecule has 0 fully saturated rings. The summed E-state index contributed by atoms with van der Waals surface area (Å²) in [6.45, 7) is -0.391. The van der Waals surface area contributed by atoms with Crippen molar-refractivity contribution in [3.05, 3.63) is 32.4 Å². The van der Waals surface area contributed by atoms with Crippen LogP contribution in [-0.4, -0.2) is 23.5 Å². The van der Waals surface area contributed by atoms with Crippen LogP contribution in [0.25, 0.3) is 0 Å². The van der Waals surface area contributed by atoms with E-state index in [0.717, 1.165) is 0 Å². The number of carboxylic acid groups (broad SMARTS) is 1. The average molecular weight is 340 g/mol. The van der Waals surface area contributed by atoms with Crippen molar-refractivity contribution >= 4 is 46.1 Å². The van der Waals surface area contributed by atoms with Gasteiger partial charge in [0, 0.05) is 8.59 Å². The van der Waals surface area contributed by atoms with Crippen molar-refractivity contribution in [2.24, 2.45) is 0 Å². The molecule has 80 valence electrons. The van der Waals surface area contributed by atoms with Gasteiger partial charge in [-0.1, -0.05) is 11.6 Å². The molecule has 15 heavy (non-hydrogen) atoms. The van der Waals surface area contributed by atoms with Crippen LogP contribution in [0.5, 0.6) is 0 Å². The molecule has 0 saturated carbocycles. The first-order valence-electron chi connectivity index (χ1n) is 3.95. The highest BCUT2D eigenvalue weighted by atomic mass is 127. The van der Waals surface area contributed by atoms with Gasteiger partial charge in [0.15, 0.2) is 0 Å². The lowest BCUT2D eigenvalue weighted by molar-refractivity contribution is -0.135. The van der Waals surface area contributed by atoms with E-state index in [1.807, 2.05) is 22.6 Å². The Bertz CT molecular complexity index is 408. The highest BCUT2D eigenvalue weighted by molar-refractivity contribution is 14.1. The Balaban J connectivity index is 2.78. The number of carboxylic acids is 1. The molecule has 1 rings (SSSR count). The number of amides is 1. The second-order valence-electron chi connectivity index (χ2n) is 2.70. The predicted molar refractivity (Wildman–Crippen MR) is 64.1 cm³/mol. The molecule has 0 saturated heterocycles. The van der Waals surface area contributed by atoms with Crippen molar-refractivity contribution < 1.29 is 14.7 Å². The average Bonchev–Trinajstić information content (AvgIpc) is 2.14. The molecule has 0 bridgehead atoms. The highest BCUT2D eigenvalue weighted by Crippen LogP contribution is 2.17. The molecule has 0 aromatic heterocycles. The zero-order valence-electron chi connectivity index (χ0n) is 7.46. The Morgan fingerprint density at radius 3 is 2.67 bits per heavy atom. The quantitative estimate of drug-likeness (QED) is 0.825. The second kappa shape index (κ2) is 5.32. The van der Waals surface area contributed by atoms with Crippen LogP contribution >= 0.6 is 34.2 Å².